The molecule has 23 heavy (non-hydrogen) atoms. The Hall–Kier alpha value is -1.23. The van der Waals surface area contributed by atoms with E-state index in [1.54, 1.807) is 11.8 Å². The third-order valence-corrected chi connectivity index (χ3v) is 6.67. The molecular weight excluding hydrogens is 347 g/mol. The topological polar surface area (TPSA) is 89.8 Å². The van der Waals surface area contributed by atoms with Crippen LogP contribution in [-0.2, 0) is 14.8 Å². The highest BCUT2D eigenvalue weighted by molar-refractivity contribution is 7.99. The van der Waals surface area contributed by atoms with Gasteiger partial charge in [0, 0.05) is 31.5 Å². The molecule has 128 valence electrons. The number of rotatable bonds is 7. The van der Waals surface area contributed by atoms with Gasteiger partial charge in [-0.25, -0.2) is 12.8 Å². The molecule has 0 bridgehead atoms. The van der Waals surface area contributed by atoms with Crippen molar-refractivity contribution in [3.63, 3.8) is 0 Å². The second kappa shape index (κ2) is 7.56. The Labute approximate surface area is 138 Å². The molecule has 1 saturated heterocycles. The van der Waals surface area contributed by atoms with Gasteiger partial charge in [-0.1, -0.05) is 0 Å². The fourth-order valence-corrected chi connectivity index (χ4v) is 5.37. The van der Waals surface area contributed by atoms with Crippen molar-refractivity contribution in [2.45, 2.75) is 17.4 Å². The first kappa shape index (κ1) is 18.1. The number of non-ortho nitro benzene ring substituents is 1. The summed E-state index contributed by atoms with van der Waals surface area (Å²) in [5.41, 5.74) is -0.485. The van der Waals surface area contributed by atoms with Gasteiger partial charge < -0.3 is 4.74 Å². The summed E-state index contributed by atoms with van der Waals surface area (Å²) in [5, 5.41) is 10.7. The van der Waals surface area contributed by atoms with E-state index in [0.29, 0.717) is 18.2 Å². The monoisotopic (exact) mass is 364 g/mol. The summed E-state index contributed by atoms with van der Waals surface area (Å²) in [4.78, 5) is 9.34. The highest BCUT2D eigenvalue weighted by Crippen LogP contribution is 2.29. The van der Waals surface area contributed by atoms with Crippen molar-refractivity contribution in [1.29, 1.82) is 0 Å². The summed E-state index contributed by atoms with van der Waals surface area (Å²) < 4.78 is 45.9. The highest BCUT2D eigenvalue weighted by Gasteiger charge is 2.35. The summed E-state index contributed by atoms with van der Waals surface area (Å²) in [5.74, 6) is 0.358. The molecule has 1 heterocycles. The van der Waals surface area contributed by atoms with Crippen molar-refractivity contribution in [2.75, 3.05) is 31.8 Å². The quantitative estimate of drug-likeness (QED) is 0.542. The Balaban J connectivity index is 2.38. The predicted octanol–water partition coefficient (Wildman–Crippen LogP) is 1.88. The number of halogens is 1. The molecule has 0 N–H and O–H groups in total. The van der Waals surface area contributed by atoms with Gasteiger partial charge in [0.1, 0.15) is 10.7 Å². The number of nitrogens with zero attached hydrogens (tertiary/aromatic N) is 2. The van der Waals surface area contributed by atoms with Crippen molar-refractivity contribution in [2.24, 2.45) is 0 Å². The van der Waals surface area contributed by atoms with E-state index in [1.165, 1.54) is 11.4 Å². The van der Waals surface area contributed by atoms with Crippen LogP contribution in [0.5, 0.6) is 0 Å². The summed E-state index contributed by atoms with van der Waals surface area (Å²) in [6, 6.07) is 2.35. The third-order valence-electron chi connectivity index (χ3n) is 3.54. The predicted molar refractivity (Wildman–Crippen MR) is 84.6 cm³/mol. The van der Waals surface area contributed by atoms with Gasteiger partial charge in [0.05, 0.1) is 17.6 Å². The molecule has 0 spiro atoms. The molecule has 1 aliphatic heterocycles. The number of nitro benzene ring substituents is 1. The van der Waals surface area contributed by atoms with Gasteiger partial charge >= 0.3 is 0 Å². The number of methoxy groups -OCH3 is 1. The number of ether oxygens (including phenoxy) is 1. The molecular formula is C13H17FN2O5S2. The van der Waals surface area contributed by atoms with Crippen LogP contribution in [-0.4, -0.2) is 55.5 Å². The van der Waals surface area contributed by atoms with Gasteiger partial charge in [0.2, 0.25) is 10.0 Å². The standard InChI is InChI=1S/C13H17FN2O5S2/c1-21-6-5-15(11-4-7-22-9-11)23(19,20)13-3-2-10(16(17)18)8-12(13)14/h2-3,8,11H,4-7,9H2,1H3. The van der Waals surface area contributed by atoms with Crippen molar-refractivity contribution >= 4 is 27.5 Å². The molecule has 10 heteroatoms. The number of hydrogen-bond donors (Lipinski definition) is 0. The summed E-state index contributed by atoms with van der Waals surface area (Å²) >= 11 is 1.64. The zero-order valence-corrected chi connectivity index (χ0v) is 14.1. The van der Waals surface area contributed by atoms with E-state index in [2.05, 4.69) is 0 Å². The van der Waals surface area contributed by atoms with Gasteiger partial charge in [-0.15, -0.1) is 0 Å². The first-order valence-electron chi connectivity index (χ1n) is 6.90. The lowest BCUT2D eigenvalue weighted by Crippen LogP contribution is -2.42. The van der Waals surface area contributed by atoms with Crippen LogP contribution in [0.25, 0.3) is 0 Å². The van der Waals surface area contributed by atoms with Gasteiger partial charge in [-0.3, -0.25) is 10.1 Å². The zero-order valence-electron chi connectivity index (χ0n) is 12.5. The van der Waals surface area contributed by atoms with Crippen molar-refractivity contribution in [3.05, 3.63) is 34.1 Å². The normalized spacial score (nSPS) is 18.5. The summed E-state index contributed by atoms with van der Waals surface area (Å²) in [7, 11) is -2.63. The number of hydrogen-bond acceptors (Lipinski definition) is 6. The molecule has 0 aliphatic carbocycles. The van der Waals surface area contributed by atoms with Gasteiger partial charge in [0.25, 0.3) is 5.69 Å². The van der Waals surface area contributed by atoms with E-state index < -0.39 is 31.3 Å². The molecule has 0 saturated carbocycles. The minimum atomic E-state index is -4.09. The number of thioether (sulfide) groups is 1. The molecule has 0 amide bonds. The van der Waals surface area contributed by atoms with Crippen LogP contribution >= 0.6 is 11.8 Å². The lowest BCUT2D eigenvalue weighted by Gasteiger charge is -2.27. The molecule has 1 aliphatic rings. The maximum Gasteiger partial charge on any atom is 0.272 e. The molecule has 1 unspecified atom stereocenters. The Morgan fingerprint density at radius 3 is 2.78 bits per heavy atom. The van der Waals surface area contributed by atoms with Crippen LogP contribution in [0.4, 0.5) is 10.1 Å². The largest absolute Gasteiger partial charge is 0.383 e. The zero-order chi connectivity index (χ0) is 17.0. The summed E-state index contributed by atoms with van der Waals surface area (Å²) in [6.45, 7) is 0.301. The van der Waals surface area contributed by atoms with Gasteiger partial charge in [-0.05, 0) is 18.2 Å². The van der Waals surface area contributed by atoms with Crippen LogP contribution in [0.1, 0.15) is 6.42 Å². The van der Waals surface area contributed by atoms with Crippen LogP contribution in [0.2, 0.25) is 0 Å². The molecule has 1 aromatic carbocycles. The molecule has 0 radical (unpaired) electrons. The fraction of sp³-hybridized carbons (Fsp3) is 0.538. The molecule has 1 atom stereocenters. The Morgan fingerprint density at radius 2 is 2.26 bits per heavy atom. The molecule has 2 rings (SSSR count). The van der Waals surface area contributed by atoms with Gasteiger partial charge in [0.15, 0.2) is 0 Å². The van der Waals surface area contributed by atoms with Crippen LogP contribution in [0.3, 0.4) is 0 Å². The number of benzene rings is 1. The second-order valence-corrected chi connectivity index (χ2v) is 8.01. The third kappa shape index (κ3) is 4.00. The lowest BCUT2D eigenvalue weighted by molar-refractivity contribution is -0.385. The van der Waals surface area contributed by atoms with Crippen LogP contribution in [0.15, 0.2) is 23.1 Å². The van der Waals surface area contributed by atoms with Crippen LogP contribution < -0.4 is 0 Å². The van der Waals surface area contributed by atoms with Crippen molar-refractivity contribution in [1.82, 2.24) is 4.31 Å². The van der Waals surface area contributed by atoms with E-state index in [0.717, 1.165) is 17.9 Å². The smallest absolute Gasteiger partial charge is 0.272 e. The van der Waals surface area contributed by atoms with E-state index >= 15 is 0 Å². The Morgan fingerprint density at radius 1 is 1.52 bits per heavy atom. The number of nitro groups is 1. The van der Waals surface area contributed by atoms with Crippen LogP contribution in [0, 0.1) is 15.9 Å². The summed E-state index contributed by atoms with van der Waals surface area (Å²) in [6.07, 6.45) is 0.683. The minimum absolute atomic E-state index is 0.112. The van der Waals surface area contributed by atoms with Gasteiger partial charge in [-0.2, -0.15) is 16.1 Å². The average molecular weight is 364 g/mol. The SMILES string of the molecule is COCCN(C1CCSC1)S(=O)(=O)c1ccc([N+](=O)[O-])cc1F. The highest BCUT2D eigenvalue weighted by atomic mass is 32.2. The lowest BCUT2D eigenvalue weighted by atomic mass is 10.3. The molecule has 0 aromatic heterocycles. The maximum absolute atomic E-state index is 14.1. The molecule has 1 aromatic rings. The molecule has 1 fully saturated rings. The van der Waals surface area contributed by atoms with E-state index in [-0.39, 0.29) is 19.2 Å². The van der Waals surface area contributed by atoms with Crippen molar-refractivity contribution in [3.8, 4) is 0 Å². The second-order valence-electron chi connectivity index (χ2n) is 5.00. The fourth-order valence-electron chi connectivity index (χ4n) is 2.37. The molecule has 7 nitrogen and oxygen atoms in total. The number of sulfonamides is 1. The Kier molecular flexibility index (Phi) is 5.95. The first-order valence-corrected chi connectivity index (χ1v) is 9.50. The Bertz CT molecular complexity index is 677. The van der Waals surface area contributed by atoms with Crippen molar-refractivity contribution < 1.29 is 22.5 Å². The first-order chi connectivity index (χ1) is 10.9. The average Bonchev–Trinajstić information content (AvgIpc) is 3.01. The minimum Gasteiger partial charge on any atom is -0.383 e. The van der Waals surface area contributed by atoms with E-state index in [1.807, 2.05) is 0 Å². The maximum atomic E-state index is 14.1. The van der Waals surface area contributed by atoms with E-state index in [9.17, 15) is 22.9 Å². The van der Waals surface area contributed by atoms with E-state index in [4.69, 9.17) is 4.74 Å².